The number of aliphatic hydroxyl groups is 1. The van der Waals surface area contributed by atoms with Crippen LogP contribution in [0.3, 0.4) is 0 Å². The van der Waals surface area contributed by atoms with Gasteiger partial charge in [-0.3, -0.25) is 9.69 Å². The predicted molar refractivity (Wildman–Crippen MR) is 75.4 cm³/mol. The molecule has 0 bridgehead atoms. The highest BCUT2D eigenvalue weighted by Crippen LogP contribution is 2.17. The summed E-state index contributed by atoms with van der Waals surface area (Å²) in [5.41, 5.74) is 1.81. The summed E-state index contributed by atoms with van der Waals surface area (Å²) in [6.07, 6.45) is 0.0665. The Balaban J connectivity index is 2.30. The van der Waals surface area contributed by atoms with Gasteiger partial charge in [0.15, 0.2) is 0 Å². The van der Waals surface area contributed by atoms with Crippen molar-refractivity contribution in [2.75, 3.05) is 20.2 Å². The van der Waals surface area contributed by atoms with E-state index in [2.05, 4.69) is 4.98 Å². The number of carbonyl (C=O) groups is 1. The van der Waals surface area contributed by atoms with Gasteiger partial charge in [0.05, 0.1) is 30.6 Å². The zero-order chi connectivity index (χ0) is 14.5. The molecule has 0 spiro atoms. The molecule has 0 atom stereocenters. The molecular formula is C14H19N3O3. The molecule has 2 rings (SSSR count). The minimum atomic E-state index is -0.822. The van der Waals surface area contributed by atoms with Crippen LogP contribution >= 0.6 is 0 Å². The Hall–Kier alpha value is -1.92. The molecule has 20 heavy (non-hydrogen) atoms. The fourth-order valence-corrected chi connectivity index (χ4v) is 2.19. The maximum absolute atomic E-state index is 10.8. The number of aromatic nitrogens is 2. The average Bonchev–Trinajstić information content (AvgIpc) is 2.73. The summed E-state index contributed by atoms with van der Waals surface area (Å²) in [5, 5.41) is 17.8. The lowest BCUT2D eigenvalue weighted by Gasteiger charge is -2.15. The summed E-state index contributed by atoms with van der Waals surface area (Å²) in [7, 11) is 1.90. The molecule has 0 aliphatic rings. The molecule has 6 nitrogen and oxygen atoms in total. The molecule has 1 heterocycles. The smallest absolute Gasteiger partial charge is 0.305 e. The molecule has 0 aliphatic heterocycles. The van der Waals surface area contributed by atoms with Gasteiger partial charge in [0.2, 0.25) is 0 Å². The van der Waals surface area contributed by atoms with E-state index in [-0.39, 0.29) is 13.0 Å². The zero-order valence-corrected chi connectivity index (χ0v) is 11.5. The first kappa shape index (κ1) is 14.5. The molecule has 2 N–H and O–H groups in total. The molecule has 0 fully saturated rings. The van der Waals surface area contributed by atoms with E-state index in [0.29, 0.717) is 19.6 Å². The van der Waals surface area contributed by atoms with Crippen LogP contribution in [0.15, 0.2) is 24.3 Å². The fourth-order valence-electron chi connectivity index (χ4n) is 2.19. The van der Waals surface area contributed by atoms with Crippen molar-refractivity contribution in [1.82, 2.24) is 14.5 Å². The van der Waals surface area contributed by atoms with Gasteiger partial charge in [0.1, 0.15) is 5.82 Å². The Labute approximate surface area is 117 Å². The van der Waals surface area contributed by atoms with E-state index in [4.69, 9.17) is 10.2 Å². The number of hydrogen-bond acceptors (Lipinski definition) is 4. The van der Waals surface area contributed by atoms with E-state index in [9.17, 15) is 4.79 Å². The Morgan fingerprint density at radius 1 is 1.40 bits per heavy atom. The van der Waals surface area contributed by atoms with Crippen molar-refractivity contribution in [2.45, 2.75) is 19.5 Å². The lowest BCUT2D eigenvalue weighted by Crippen LogP contribution is -2.24. The fraction of sp³-hybridized carbons (Fsp3) is 0.429. The van der Waals surface area contributed by atoms with Crippen LogP contribution in [0.4, 0.5) is 0 Å². The summed E-state index contributed by atoms with van der Waals surface area (Å²) in [5.74, 6) is 0.000781. The topological polar surface area (TPSA) is 78.6 Å². The third-order valence-electron chi connectivity index (χ3n) is 3.18. The van der Waals surface area contributed by atoms with Gasteiger partial charge in [-0.15, -0.1) is 0 Å². The maximum Gasteiger partial charge on any atom is 0.305 e. The first-order chi connectivity index (χ1) is 9.61. The molecule has 1 aromatic carbocycles. The van der Waals surface area contributed by atoms with Crippen molar-refractivity contribution in [1.29, 1.82) is 0 Å². The summed E-state index contributed by atoms with van der Waals surface area (Å²) < 4.78 is 1.94. The number of aliphatic hydroxyl groups excluding tert-OH is 1. The van der Waals surface area contributed by atoms with Crippen LogP contribution in [0.5, 0.6) is 0 Å². The normalized spacial score (nSPS) is 11.3. The van der Waals surface area contributed by atoms with Gasteiger partial charge in [-0.05, 0) is 19.2 Å². The van der Waals surface area contributed by atoms with E-state index in [0.717, 1.165) is 16.9 Å². The zero-order valence-electron chi connectivity index (χ0n) is 11.5. The summed E-state index contributed by atoms with van der Waals surface area (Å²) in [6.45, 7) is 1.63. The number of carboxylic acids is 1. The first-order valence-electron chi connectivity index (χ1n) is 6.57. The summed E-state index contributed by atoms with van der Waals surface area (Å²) in [6, 6.07) is 7.70. The molecule has 0 aliphatic carbocycles. The molecule has 0 unspecified atom stereocenters. The monoisotopic (exact) mass is 277 g/mol. The van der Waals surface area contributed by atoms with Crippen LogP contribution in [0.25, 0.3) is 11.0 Å². The van der Waals surface area contributed by atoms with Crippen LogP contribution in [0.2, 0.25) is 0 Å². The number of benzene rings is 1. The molecule has 0 amide bonds. The minimum Gasteiger partial charge on any atom is -0.481 e. The predicted octanol–water partition coefficient (Wildman–Crippen LogP) is 0.935. The van der Waals surface area contributed by atoms with E-state index >= 15 is 0 Å². The molecular weight excluding hydrogens is 258 g/mol. The average molecular weight is 277 g/mol. The number of aryl methyl sites for hydroxylation is 1. The van der Waals surface area contributed by atoms with E-state index in [1.807, 2.05) is 40.8 Å². The number of carboxylic acid groups (broad SMARTS) is 1. The number of nitrogens with zero attached hydrogens (tertiary/aromatic N) is 3. The van der Waals surface area contributed by atoms with Crippen LogP contribution in [0, 0.1) is 0 Å². The number of fused-ring (bicyclic) bond motifs is 1. The van der Waals surface area contributed by atoms with Crippen molar-refractivity contribution < 1.29 is 15.0 Å². The first-order valence-corrected chi connectivity index (χ1v) is 6.57. The second kappa shape index (κ2) is 6.49. The van der Waals surface area contributed by atoms with Gasteiger partial charge in [0.25, 0.3) is 0 Å². The van der Waals surface area contributed by atoms with Gasteiger partial charge in [-0.2, -0.15) is 0 Å². The Morgan fingerprint density at radius 3 is 2.85 bits per heavy atom. The maximum atomic E-state index is 10.8. The van der Waals surface area contributed by atoms with Gasteiger partial charge in [-0.25, -0.2) is 4.98 Å². The summed E-state index contributed by atoms with van der Waals surface area (Å²) >= 11 is 0. The standard InChI is InChI=1S/C14H19N3O3/c1-16(8-9-18)10-13-15-11-4-2-3-5-12(11)17(13)7-6-14(19)20/h2-5,18H,6-10H2,1H3,(H,19,20). The quantitative estimate of drug-likeness (QED) is 0.787. The molecule has 0 saturated heterocycles. The molecule has 108 valence electrons. The lowest BCUT2D eigenvalue weighted by molar-refractivity contribution is -0.137. The van der Waals surface area contributed by atoms with Crippen molar-refractivity contribution in [3.8, 4) is 0 Å². The number of likely N-dealkylation sites (N-methyl/N-ethyl adjacent to an activating group) is 1. The van der Waals surface area contributed by atoms with Gasteiger partial charge in [-0.1, -0.05) is 12.1 Å². The molecule has 0 radical (unpaired) electrons. The highest BCUT2D eigenvalue weighted by molar-refractivity contribution is 5.76. The minimum absolute atomic E-state index is 0.0665. The number of rotatable bonds is 7. The van der Waals surface area contributed by atoms with Crippen LogP contribution in [-0.2, 0) is 17.9 Å². The van der Waals surface area contributed by atoms with Gasteiger partial charge < -0.3 is 14.8 Å². The number of imidazole rings is 1. The van der Waals surface area contributed by atoms with Crippen molar-refractivity contribution >= 4 is 17.0 Å². The van der Waals surface area contributed by atoms with Crippen molar-refractivity contribution in [2.24, 2.45) is 0 Å². The van der Waals surface area contributed by atoms with E-state index in [1.54, 1.807) is 0 Å². The second-order valence-electron chi connectivity index (χ2n) is 4.77. The highest BCUT2D eigenvalue weighted by Gasteiger charge is 2.13. The van der Waals surface area contributed by atoms with Crippen LogP contribution < -0.4 is 0 Å². The Kier molecular flexibility index (Phi) is 4.70. The Morgan fingerprint density at radius 2 is 2.15 bits per heavy atom. The van der Waals surface area contributed by atoms with E-state index in [1.165, 1.54) is 0 Å². The van der Waals surface area contributed by atoms with Gasteiger partial charge >= 0.3 is 5.97 Å². The third-order valence-corrected chi connectivity index (χ3v) is 3.18. The van der Waals surface area contributed by atoms with Gasteiger partial charge in [0, 0.05) is 13.1 Å². The number of aliphatic carboxylic acids is 1. The molecule has 0 saturated carbocycles. The molecule has 1 aromatic heterocycles. The molecule has 2 aromatic rings. The third kappa shape index (κ3) is 3.34. The van der Waals surface area contributed by atoms with E-state index < -0.39 is 5.97 Å². The van der Waals surface area contributed by atoms with Crippen molar-refractivity contribution in [3.63, 3.8) is 0 Å². The SMILES string of the molecule is CN(CCO)Cc1nc2ccccc2n1CCC(=O)O. The van der Waals surface area contributed by atoms with Crippen LogP contribution in [0.1, 0.15) is 12.2 Å². The second-order valence-corrected chi connectivity index (χ2v) is 4.77. The highest BCUT2D eigenvalue weighted by atomic mass is 16.4. The largest absolute Gasteiger partial charge is 0.481 e. The number of para-hydroxylation sites is 2. The summed E-state index contributed by atoms with van der Waals surface area (Å²) in [4.78, 5) is 17.3. The van der Waals surface area contributed by atoms with Crippen LogP contribution in [-0.4, -0.2) is 50.8 Å². The molecule has 6 heteroatoms. The van der Waals surface area contributed by atoms with Crippen molar-refractivity contribution in [3.05, 3.63) is 30.1 Å². The number of hydrogen-bond donors (Lipinski definition) is 2. The lowest BCUT2D eigenvalue weighted by atomic mass is 10.3. The Bertz CT molecular complexity index is 594.